The van der Waals surface area contributed by atoms with Gasteiger partial charge in [0, 0.05) is 16.1 Å². The van der Waals surface area contributed by atoms with Crippen molar-refractivity contribution in [1.29, 1.82) is 0 Å². The lowest BCUT2D eigenvalue weighted by Gasteiger charge is -2.21. The van der Waals surface area contributed by atoms with Gasteiger partial charge in [-0.1, -0.05) is 41.4 Å². The molecule has 5 rings (SSSR count). The highest BCUT2D eigenvalue weighted by Crippen LogP contribution is 2.39. The second kappa shape index (κ2) is 9.20. The van der Waals surface area contributed by atoms with Crippen LogP contribution in [0, 0.1) is 6.92 Å². The number of hydrogen-bond donors (Lipinski definition) is 1. The van der Waals surface area contributed by atoms with Gasteiger partial charge in [-0.15, -0.1) is 0 Å². The molecule has 0 unspecified atom stereocenters. The first kappa shape index (κ1) is 23.1. The van der Waals surface area contributed by atoms with Crippen molar-refractivity contribution in [3.05, 3.63) is 94.0 Å². The number of nitrogen functional groups attached to an aromatic ring is 1. The number of aryl methyl sites for hydroxylation is 2. The summed E-state index contributed by atoms with van der Waals surface area (Å²) < 4.78 is 37.1. The monoisotopic (exact) mass is 507 g/mol. The number of anilines is 1. The highest BCUT2D eigenvalue weighted by Gasteiger charge is 2.27. The Bertz CT molecular complexity index is 1510. The van der Waals surface area contributed by atoms with E-state index in [4.69, 9.17) is 26.3 Å². The van der Waals surface area contributed by atoms with Gasteiger partial charge in [-0.05, 0) is 73.4 Å². The maximum absolute atomic E-state index is 12.9. The minimum atomic E-state index is -4.07. The molecule has 0 amide bonds. The zero-order valence-corrected chi connectivity index (χ0v) is 20.4. The maximum Gasteiger partial charge on any atom is 0.340 e. The van der Waals surface area contributed by atoms with Crippen LogP contribution in [0.25, 0.3) is 11.3 Å². The lowest BCUT2D eigenvalue weighted by molar-refractivity contribution is 0.306. The van der Waals surface area contributed by atoms with Crippen LogP contribution in [-0.2, 0) is 29.6 Å². The zero-order chi connectivity index (χ0) is 24.6. The molecule has 0 saturated heterocycles. The summed E-state index contributed by atoms with van der Waals surface area (Å²) in [7, 11) is -4.07. The molecule has 1 aromatic heterocycles. The van der Waals surface area contributed by atoms with Gasteiger partial charge < -0.3 is 14.7 Å². The SMILES string of the molecule is Cc1ccc(S(=O)(=O)Oc2nc(N)nc3c2CCc2cc(OCc4ccc(Cl)cc4)ccc2-3)cc1. The minimum absolute atomic E-state index is 0.0400. The van der Waals surface area contributed by atoms with Crippen molar-refractivity contribution in [1.82, 2.24) is 9.97 Å². The highest BCUT2D eigenvalue weighted by atomic mass is 35.5. The van der Waals surface area contributed by atoms with Crippen LogP contribution in [0.5, 0.6) is 11.6 Å². The molecule has 0 radical (unpaired) electrons. The van der Waals surface area contributed by atoms with Crippen molar-refractivity contribution in [2.45, 2.75) is 31.3 Å². The van der Waals surface area contributed by atoms with E-state index in [1.807, 2.05) is 49.4 Å². The number of nitrogens with zero attached hydrogens (tertiary/aromatic N) is 2. The average Bonchev–Trinajstić information content (AvgIpc) is 2.83. The summed E-state index contributed by atoms with van der Waals surface area (Å²) >= 11 is 5.94. The number of aromatic nitrogens is 2. The van der Waals surface area contributed by atoms with E-state index in [-0.39, 0.29) is 16.7 Å². The molecule has 35 heavy (non-hydrogen) atoms. The van der Waals surface area contributed by atoms with Gasteiger partial charge in [-0.25, -0.2) is 4.98 Å². The number of ether oxygens (including phenoxy) is 1. The van der Waals surface area contributed by atoms with Crippen molar-refractivity contribution in [2.24, 2.45) is 0 Å². The molecule has 1 aliphatic rings. The van der Waals surface area contributed by atoms with Crippen molar-refractivity contribution in [3.63, 3.8) is 0 Å². The summed E-state index contributed by atoms with van der Waals surface area (Å²) in [6.07, 6.45) is 1.15. The first-order chi connectivity index (χ1) is 16.8. The Kier molecular flexibility index (Phi) is 6.08. The van der Waals surface area contributed by atoms with Crippen LogP contribution in [0.4, 0.5) is 5.95 Å². The Labute approximate surface area is 208 Å². The van der Waals surface area contributed by atoms with Crippen LogP contribution in [0.1, 0.15) is 22.3 Å². The molecule has 0 aliphatic heterocycles. The number of fused-ring (bicyclic) bond motifs is 3. The normalized spacial score (nSPS) is 12.5. The number of rotatable bonds is 6. The first-order valence-corrected chi connectivity index (χ1v) is 12.8. The second-order valence-corrected chi connectivity index (χ2v) is 10.3. The van der Waals surface area contributed by atoms with Crippen molar-refractivity contribution in [2.75, 3.05) is 5.73 Å². The molecule has 0 fully saturated rings. The van der Waals surface area contributed by atoms with Gasteiger partial charge in [-0.3, -0.25) is 0 Å². The van der Waals surface area contributed by atoms with E-state index in [1.165, 1.54) is 12.1 Å². The quantitative estimate of drug-likeness (QED) is 0.360. The van der Waals surface area contributed by atoms with E-state index in [2.05, 4.69) is 9.97 Å². The minimum Gasteiger partial charge on any atom is -0.489 e. The fraction of sp³-hybridized carbons (Fsp3) is 0.154. The van der Waals surface area contributed by atoms with Crippen LogP contribution in [0.3, 0.4) is 0 Å². The summed E-state index contributed by atoms with van der Waals surface area (Å²) in [5.74, 6) is 0.623. The summed E-state index contributed by atoms with van der Waals surface area (Å²) in [4.78, 5) is 8.55. The van der Waals surface area contributed by atoms with Crippen molar-refractivity contribution >= 4 is 27.7 Å². The van der Waals surface area contributed by atoms with Crippen LogP contribution < -0.4 is 14.7 Å². The molecule has 0 atom stereocenters. The molecule has 1 aliphatic carbocycles. The molecule has 1 heterocycles. The Hall–Kier alpha value is -3.62. The third-order valence-corrected chi connectivity index (χ3v) is 7.26. The smallest absolute Gasteiger partial charge is 0.340 e. The Morgan fingerprint density at radius 3 is 2.46 bits per heavy atom. The van der Waals surface area contributed by atoms with Gasteiger partial charge in [0.05, 0.1) is 5.69 Å². The van der Waals surface area contributed by atoms with E-state index in [0.717, 1.165) is 28.0 Å². The van der Waals surface area contributed by atoms with E-state index in [0.29, 0.717) is 35.7 Å². The van der Waals surface area contributed by atoms with Gasteiger partial charge in [0.2, 0.25) is 11.8 Å². The second-order valence-electron chi connectivity index (χ2n) is 8.30. The third-order valence-electron chi connectivity index (χ3n) is 5.78. The van der Waals surface area contributed by atoms with Gasteiger partial charge in [-0.2, -0.15) is 13.4 Å². The average molecular weight is 508 g/mol. The molecule has 178 valence electrons. The molecule has 7 nitrogen and oxygen atoms in total. The van der Waals surface area contributed by atoms with E-state index in [1.54, 1.807) is 12.1 Å². The lowest BCUT2D eigenvalue weighted by Crippen LogP contribution is -2.16. The lowest BCUT2D eigenvalue weighted by atomic mass is 9.89. The van der Waals surface area contributed by atoms with Gasteiger partial charge in [0.1, 0.15) is 17.3 Å². The molecule has 9 heteroatoms. The highest BCUT2D eigenvalue weighted by molar-refractivity contribution is 7.87. The van der Waals surface area contributed by atoms with Gasteiger partial charge in [0.15, 0.2) is 0 Å². The number of hydrogen-bond acceptors (Lipinski definition) is 7. The fourth-order valence-corrected chi connectivity index (χ4v) is 5.00. The van der Waals surface area contributed by atoms with Crippen LogP contribution in [0.15, 0.2) is 71.6 Å². The molecule has 0 bridgehead atoms. The Morgan fingerprint density at radius 2 is 1.71 bits per heavy atom. The summed E-state index contributed by atoms with van der Waals surface area (Å²) in [6, 6.07) is 19.6. The molecule has 0 saturated carbocycles. The molecular formula is C26H22ClN3O4S. The first-order valence-electron chi connectivity index (χ1n) is 11.0. The topological polar surface area (TPSA) is 104 Å². The summed E-state index contributed by atoms with van der Waals surface area (Å²) in [6.45, 7) is 2.29. The van der Waals surface area contributed by atoms with E-state index >= 15 is 0 Å². The van der Waals surface area contributed by atoms with E-state index < -0.39 is 10.1 Å². The summed E-state index contributed by atoms with van der Waals surface area (Å²) in [5, 5.41) is 0.678. The van der Waals surface area contributed by atoms with Crippen LogP contribution in [-0.4, -0.2) is 18.4 Å². The van der Waals surface area contributed by atoms with Crippen molar-refractivity contribution < 1.29 is 17.3 Å². The molecular weight excluding hydrogens is 486 g/mol. The fourth-order valence-electron chi connectivity index (χ4n) is 3.96. The Balaban J connectivity index is 1.42. The number of nitrogens with two attached hydrogens (primary N) is 1. The zero-order valence-electron chi connectivity index (χ0n) is 18.9. The third kappa shape index (κ3) is 4.94. The van der Waals surface area contributed by atoms with Crippen LogP contribution >= 0.6 is 11.6 Å². The van der Waals surface area contributed by atoms with E-state index in [9.17, 15) is 8.42 Å². The molecule has 0 spiro atoms. The molecule has 2 N–H and O–H groups in total. The Morgan fingerprint density at radius 1 is 0.971 bits per heavy atom. The largest absolute Gasteiger partial charge is 0.489 e. The number of halogens is 1. The number of benzene rings is 3. The summed E-state index contributed by atoms with van der Waals surface area (Å²) in [5.41, 5.74) is 10.9. The van der Waals surface area contributed by atoms with Crippen LogP contribution in [0.2, 0.25) is 5.02 Å². The van der Waals surface area contributed by atoms with Gasteiger partial charge in [0.25, 0.3) is 0 Å². The van der Waals surface area contributed by atoms with Gasteiger partial charge >= 0.3 is 10.1 Å². The molecule has 4 aromatic rings. The van der Waals surface area contributed by atoms with Crippen molar-refractivity contribution in [3.8, 4) is 22.9 Å². The predicted octanol–water partition coefficient (Wildman–Crippen LogP) is 5.13. The molecule has 3 aromatic carbocycles. The predicted molar refractivity (Wildman–Crippen MR) is 134 cm³/mol. The standard InChI is InChI=1S/C26H22ClN3O4S/c1-16-2-10-21(11-3-16)35(31,32)34-25-23-12-6-18-14-20(33-15-17-4-7-19(27)8-5-17)9-13-22(18)24(23)29-26(28)30-25/h2-5,7-11,13-14H,6,12,15H2,1H3,(H2,28,29,30). The maximum atomic E-state index is 12.9.